The second-order valence-electron chi connectivity index (χ2n) is 2.05. The Balaban J connectivity index is 3.81. The Morgan fingerprint density at radius 2 is 2.11 bits per heavy atom. The van der Waals surface area contributed by atoms with E-state index < -0.39 is 0 Å². The fourth-order valence-electron chi connectivity index (χ4n) is 0.623. The van der Waals surface area contributed by atoms with Crippen LogP contribution in [-0.4, -0.2) is 25.3 Å². The van der Waals surface area contributed by atoms with E-state index in [1.165, 1.54) is 5.03 Å². The van der Waals surface area contributed by atoms with E-state index in [2.05, 4.69) is 38.3 Å². The minimum absolute atomic E-state index is 1.12. The Kier molecular flexibility index (Phi) is 4.68. The first-order chi connectivity index (χ1) is 4.22. The summed E-state index contributed by atoms with van der Waals surface area (Å²) in [6.45, 7) is 2.15. The number of allylic oxidation sites excluding steroid dienone is 1. The van der Waals surface area contributed by atoms with Crippen LogP contribution in [0.3, 0.4) is 0 Å². The molecule has 0 heterocycles. The van der Waals surface area contributed by atoms with Gasteiger partial charge < -0.3 is 4.90 Å². The molecule has 0 amide bonds. The number of hydrogen-bond donors (Lipinski definition) is 0. The van der Waals surface area contributed by atoms with Crippen LogP contribution < -0.4 is 0 Å². The van der Waals surface area contributed by atoms with Crippen LogP contribution in [0, 0.1) is 0 Å². The highest BCUT2D eigenvalue weighted by Gasteiger charge is 1.92. The molecule has 0 unspecified atom stereocenters. The average Bonchev–Trinajstić information content (AvgIpc) is 1.82. The molecule has 0 saturated heterocycles. The van der Waals surface area contributed by atoms with Gasteiger partial charge in [-0.3, -0.25) is 0 Å². The van der Waals surface area contributed by atoms with Crippen LogP contribution in [0.4, 0.5) is 0 Å². The van der Waals surface area contributed by atoms with Gasteiger partial charge in [0, 0.05) is 14.1 Å². The molecule has 1 nitrogen and oxygen atoms in total. The molecule has 0 spiro atoms. The van der Waals surface area contributed by atoms with Crippen molar-refractivity contribution in [3.05, 3.63) is 11.1 Å². The van der Waals surface area contributed by atoms with Gasteiger partial charge in [-0.15, -0.1) is 11.8 Å². The van der Waals surface area contributed by atoms with Gasteiger partial charge >= 0.3 is 0 Å². The average molecular weight is 145 g/mol. The zero-order valence-corrected chi connectivity index (χ0v) is 7.46. The minimum atomic E-state index is 1.12. The van der Waals surface area contributed by atoms with E-state index in [-0.39, 0.29) is 0 Å². The fourth-order valence-corrected chi connectivity index (χ4v) is 1.32. The Bertz CT molecular complexity index is 97.1. The summed E-state index contributed by atoms with van der Waals surface area (Å²) < 4.78 is 0. The monoisotopic (exact) mass is 145 g/mol. The summed E-state index contributed by atoms with van der Waals surface area (Å²) in [4.78, 5) is 2.13. The van der Waals surface area contributed by atoms with Crippen molar-refractivity contribution in [3.8, 4) is 0 Å². The predicted octanol–water partition coefficient (Wildman–Crippen LogP) is 2.16. The zero-order valence-electron chi connectivity index (χ0n) is 6.64. The SMILES string of the molecule is CC/C=C(/SC)N(C)C. The minimum Gasteiger partial charge on any atom is -0.373 e. The maximum Gasteiger partial charge on any atom is 0.0658 e. The van der Waals surface area contributed by atoms with Crippen molar-refractivity contribution in [2.24, 2.45) is 0 Å². The van der Waals surface area contributed by atoms with Gasteiger partial charge in [0.1, 0.15) is 0 Å². The molecule has 9 heavy (non-hydrogen) atoms. The maximum absolute atomic E-state index is 2.23. The lowest BCUT2D eigenvalue weighted by molar-refractivity contribution is 0.548. The van der Waals surface area contributed by atoms with Gasteiger partial charge in [-0.1, -0.05) is 13.0 Å². The van der Waals surface area contributed by atoms with E-state index in [4.69, 9.17) is 0 Å². The third kappa shape index (κ3) is 3.46. The lowest BCUT2D eigenvalue weighted by atomic mass is 10.5. The molecule has 0 aromatic carbocycles. The smallest absolute Gasteiger partial charge is 0.0658 e. The first-order valence-corrected chi connectivity index (χ1v) is 4.36. The lowest BCUT2D eigenvalue weighted by Gasteiger charge is -2.13. The molecular formula is C7H15NS. The molecule has 0 aliphatic carbocycles. The molecule has 0 aliphatic heterocycles. The Hall–Kier alpha value is -0.110. The highest BCUT2D eigenvalue weighted by Crippen LogP contribution is 2.13. The third-order valence-electron chi connectivity index (χ3n) is 1.03. The van der Waals surface area contributed by atoms with Crippen LogP contribution in [0.25, 0.3) is 0 Å². The van der Waals surface area contributed by atoms with Crippen molar-refractivity contribution >= 4 is 11.8 Å². The highest BCUT2D eigenvalue weighted by molar-refractivity contribution is 8.02. The Morgan fingerprint density at radius 3 is 2.22 bits per heavy atom. The van der Waals surface area contributed by atoms with E-state index in [0.717, 1.165) is 6.42 Å². The molecule has 0 bridgehead atoms. The molecule has 0 radical (unpaired) electrons. The first-order valence-electron chi connectivity index (χ1n) is 3.13. The number of hydrogen-bond acceptors (Lipinski definition) is 2. The second-order valence-corrected chi connectivity index (χ2v) is 2.88. The number of nitrogens with zero attached hydrogens (tertiary/aromatic N) is 1. The van der Waals surface area contributed by atoms with Gasteiger partial charge in [0.05, 0.1) is 5.03 Å². The van der Waals surface area contributed by atoms with E-state index in [1.807, 2.05) is 0 Å². The molecule has 0 aromatic rings. The summed E-state index contributed by atoms with van der Waals surface area (Å²) >= 11 is 1.79. The van der Waals surface area contributed by atoms with Crippen LogP contribution in [-0.2, 0) is 0 Å². The summed E-state index contributed by atoms with van der Waals surface area (Å²) in [6.07, 6.45) is 5.44. The van der Waals surface area contributed by atoms with E-state index in [9.17, 15) is 0 Å². The molecule has 0 N–H and O–H groups in total. The summed E-state index contributed by atoms with van der Waals surface area (Å²) in [7, 11) is 4.13. The van der Waals surface area contributed by atoms with Crippen molar-refractivity contribution in [2.45, 2.75) is 13.3 Å². The van der Waals surface area contributed by atoms with Crippen molar-refractivity contribution < 1.29 is 0 Å². The van der Waals surface area contributed by atoms with Crippen molar-refractivity contribution in [2.75, 3.05) is 20.4 Å². The van der Waals surface area contributed by atoms with Gasteiger partial charge in [-0.2, -0.15) is 0 Å². The van der Waals surface area contributed by atoms with Crippen LogP contribution >= 0.6 is 11.8 Å². The predicted molar refractivity (Wildman–Crippen MR) is 45.6 cm³/mol. The second kappa shape index (κ2) is 4.74. The zero-order chi connectivity index (χ0) is 7.28. The Labute approximate surface area is 62.1 Å². The van der Waals surface area contributed by atoms with E-state index in [0.29, 0.717) is 0 Å². The van der Waals surface area contributed by atoms with Crippen molar-refractivity contribution in [3.63, 3.8) is 0 Å². The van der Waals surface area contributed by atoms with Crippen LogP contribution in [0.1, 0.15) is 13.3 Å². The van der Waals surface area contributed by atoms with Crippen LogP contribution in [0.15, 0.2) is 11.1 Å². The molecule has 2 heteroatoms. The van der Waals surface area contributed by atoms with Gasteiger partial charge in [0.25, 0.3) is 0 Å². The normalized spacial score (nSPS) is 11.8. The molecule has 0 saturated carbocycles. The summed E-state index contributed by atoms with van der Waals surface area (Å²) in [5.74, 6) is 0. The van der Waals surface area contributed by atoms with Crippen LogP contribution in [0.5, 0.6) is 0 Å². The number of thioether (sulfide) groups is 1. The molecule has 0 fully saturated rings. The topological polar surface area (TPSA) is 3.24 Å². The molecule has 0 aliphatic rings. The van der Waals surface area contributed by atoms with Gasteiger partial charge in [-0.05, 0) is 12.7 Å². The van der Waals surface area contributed by atoms with Crippen LogP contribution in [0.2, 0.25) is 0 Å². The molecule has 0 aromatic heterocycles. The summed E-state index contributed by atoms with van der Waals surface area (Å²) in [6, 6.07) is 0. The van der Waals surface area contributed by atoms with Gasteiger partial charge in [-0.25, -0.2) is 0 Å². The molecular weight excluding hydrogens is 130 g/mol. The van der Waals surface area contributed by atoms with Crippen molar-refractivity contribution in [1.82, 2.24) is 4.90 Å². The van der Waals surface area contributed by atoms with E-state index >= 15 is 0 Å². The molecule has 0 rings (SSSR count). The number of rotatable bonds is 3. The standard InChI is InChI=1S/C7H15NS/c1-5-6-7(9-4)8(2)3/h6H,5H2,1-4H3/b7-6+. The van der Waals surface area contributed by atoms with Gasteiger partial charge in [0.2, 0.25) is 0 Å². The third-order valence-corrected chi connectivity index (χ3v) is 1.98. The summed E-state index contributed by atoms with van der Waals surface area (Å²) in [5, 5.41) is 1.34. The van der Waals surface area contributed by atoms with E-state index in [1.54, 1.807) is 11.8 Å². The highest BCUT2D eigenvalue weighted by atomic mass is 32.2. The summed E-state index contributed by atoms with van der Waals surface area (Å²) in [5.41, 5.74) is 0. The van der Waals surface area contributed by atoms with Crippen molar-refractivity contribution in [1.29, 1.82) is 0 Å². The molecule has 0 atom stereocenters. The quantitative estimate of drug-likeness (QED) is 0.598. The largest absolute Gasteiger partial charge is 0.373 e. The first kappa shape index (κ1) is 8.89. The van der Waals surface area contributed by atoms with Gasteiger partial charge in [0.15, 0.2) is 0 Å². The molecule has 54 valence electrons. The Morgan fingerprint density at radius 1 is 1.56 bits per heavy atom. The lowest BCUT2D eigenvalue weighted by Crippen LogP contribution is -2.07. The fraction of sp³-hybridized carbons (Fsp3) is 0.714. The maximum atomic E-state index is 2.23.